The van der Waals surface area contributed by atoms with Gasteiger partial charge in [0.2, 0.25) is 11.8 Å². The van der Waals surface area contributed by atoms with Gasteiger partial charge in [0.1, 0.15) is 17.7 Å². The molecular formula is C26H23F3N3O2. The summed E-state index contributed by atoms with van der Waals surface area (Å²) in [6, 6.07) is 11.7. The van der Waals surface area contributed by atoms with Gasteiger partial charge >= 0.3 is 0 Å². The first-order valence-electron chi connectivity index (χ1n) is 10.8. The Kier molecular flexibility index (Phi) is 6.58. The predicted octanol–water partition coefficient (Wildman–Crippen LogP) is 4.28. The van der Waals surface area contributed by atoms with Gasteiger partial charge in [-0.15, -0.1) is 0 Å². The van der Waals surface area contributed by atoms with Crippen LogP contribution in [0.1, 0.15) is 31.0 Å². The molecule has 0 unspecified atom stereocenters. The average molecular weight is 466 g/mol. The van der Waals surface area contributed by atoms with E-state index in [1.54, 1.807) is 19.9 Å². The number of hydrogen-bond donors (Lipinski definition) is 3. The van der Waals surface area contributed by atoms with Crippen molar-refractivity contribution in [1.29, 1.82) is 0 Å². The molecule has 8 heteroatoms. The van der Waals surface area contributed by atoms with Crippen molar-refractivity contribution in [2.75, 3.05) is 0 Å². The first-order valence-corrected chi connectivity index (χ1v) is 10.8. The minimum atomic E-state index is -0.985. The SMILES string of the molecule is CC1=C([C@@H](Cc2ccccc2)C(=O)N[C@@H](C)c2ccc(F)cc2F)C(=O)N[C]2C=CNC(F)=C21. The number of amides is 2. The third-order valence-corrected chi connectivity index (χ3v) is 5.96. The zero-order valence-electron chi connectivity index (χ0n) is 18.6. The highest BCUT2D eigenvalue weighted by molar-refractivity contribution is 6.04. The van der Waals surface area contributed by atoms with Crippen molar-refractivity contribution in [2.45, 2.75) is 26.3 Å². The summed E-state index contributed by atoms with van der Waals surface area (Å²) in [5.41, 5.74) is 1.55. The highest BCUT2D eigenvalue weighted by atomic mass is 19.1. The second-order valence-electron chi connectivity index (χ2n) is 8.21. The fourth-order valence-electron chi connectivity index (χ4n) is 4.28. The van der Waals surface area contributed by atoms with Crippen LogP contribution in [0.15, 0.2) is 83.5 Å². The van der Waals surface area contributed by atoms with Gasteiger partial charge in [-0.3, -0.25) is 9.59 Å². The Morgan fingerprint density at radius 2 is 1.82 bits per heavy atom. The third-order valence-electron chi connectivity index (χ3n) is 5.96. The molecule has 2 atom stereocenters. The molecule has 0 saturated carbocycles. The van der Waals surface area contributed by atoms with E-state index in [9.17, 15) is 22.8 Å². The monoisotopic (exact) mass is 466 g/mol. The number of rotatable bonds is 6. The van der Waals surface area contributed by atoms with Crippen LogP contribution < -0.4 is 16.0 Å². The van der Waals surface area contributed by atoms with E-state index in [0.717, 1.165) is 17.7 Å². The molecule has 2 aromatic rings. The lowest BCUT2D eigenvalue weighted by Gasteiger charge is -2.32. The molecule has 4 rings (SSSR count). The lowest BCUT2D eigenvalue weighted by molar-refractivity contribution is -0.127. The average Bonchev–Trinajstić information content (AvgIpc) is 2.78. The molecule has 0 spiro atoms. The van der Waals surface area contributed by atoms with Crippen molar-refractivity contribution in [3.05, 3.63) is 112 Å². The lowest BCUT2D eigenvalue weighted by atomic mass is 9.81. The highest BCUT2D eigenvalue weighted by Gasteiger charge is 2.39. The normalized spacial score (nSPS) is 17.6. The van der Waals surface area contributed by atoms with Gasteiger partial charge in [0, 0.05) is 29.0 Å². The molecule has 2 aliphatic heterocycles. The van der Waals surface area contributed by atoms with E-state index < -0.39 is 41.4 Å². The minimum Gasteiger partial charge on any atom is -0.349 e. The van der Waals surface area contributed by atoms with Crippen LogP contribution in [0, 0.1) is 23.6 Å². The molecule has 175 valence electrons. The smallest absolute Gasteiger partial charge is 0.249 e. The van der Waals surface area contributed by atoms with Crippen LogP contribution in [0.3, 0.4) is 0 Å². The van der Waals surface area contributed by atoms with E-state index in [4.69, 9.17) is 0 Å². The second-order valence-corrected chi connectivity index (χ2v) is 8.21. The quantitative estimate of drug-likeness (QED) is 0.557. The van der Waals surface area contributed by atoms with Crippen LogP contribution in [-0.2, 0) is 16.0 Å². The molecule has 2 aliphatic rings. The van der Waals surface area contributed by atoms with Gasteiger partial charge in [-0.2, -0.15) is 4.39 Å². The molecule has 0 aliphatic carbocycles. The van der Waals surface area contributed by atoms with Crippen LogP contribution in [0.4, 0.5) is 13.2 Å². The van der Waals surface area contributed by atoms with Crippen LogP contribution in [0.2, 0.25) is 0 Å². The molecule has 2 amide bonds. The van der Waals surface area contributed by atoms with Crippen LogP contribution >= 0.6 is 0 Å². The van der Waals surface area contributed by atoms with Gasteiger partial charge in [0.05, 0.1) is 12.0 Å². The second kappa shape index (κ2) is 9.59. The van der Waals surface area contributed by atoms with Crippen molar-refractivity contribution in [3.63, 3.8) is 0 Å². The fraction of sp³-hybridized carbons (Fsp3) is 0.192. The number of hydrogen-bond acceptors (Lipinski definition) is 3. The molecule has 2 aromatic carbocycles. The van der Waals surface area contributed by atoms with Crippen molar-refractivity contribution < 1.29 is 22.8 Å². The molecule has 3 N–H and O–H groups in total. The lowest BCUT2D eigenvalue weighted by Crippen LogP contribution is -2.44. The first kappa shape index (κ1) is 23.4. The van der Waals surface area contributed by atoms with Gasteiger partial charge in [0.25, 0.3) is 0 Å². The zero-order chi connectivity index (χ0) is 24.4. The van der Waals surface area contributed by atoms with Crippen molar-refractivity contribution >= 4 is 11.8 Å². The summed E-state index contributed by atoms with van der Waals surface area (Å²) < 4.78 is 42.2. The van der Waals surface area contributed by atoms with E-state index in [0.29, 0.717) is 11.6 Å². The summed E-state index contributed by atoms with van der Waals surface area (Å²) in [5, 5.41) is 7.88. The van der Waals surface area contributed by atoms with E-state index >= 15 is 0 Å². The van der Waals surface area contributed by atoms with Crippen molar-refractivity contribution in [3.8, 4) is 0 Å². The van der Waals surface area contributed by atoms with Crippen molar-refractivity contribution in [1.82, 2.24) is 16.0 Å². The predicted molar refractivity (Wildman–Crippen MR) is 121 cm³/mol. The van der Waals surface area contributed by atoms with Gasteiger partial charge in [0.15, 0.2) is 5.95 Å². The number of carbonyl (C=O) groups is 2. The van der Waals surface area contributed by atoms with Gasteiger partial charge in [-0.05, 0) is 43.5 Å². The maximum Gasteiger partial charge on any atom is 0.249 e. The van der Waals surface area contributed by atoms with Gasteiger partial charge < -0.3 is 16.0 Å². The molecule has 0 saturated heterocycles. The number of dihydropyridines is 1. The third kappa shape index (κ3) is 4.62. The highest BCUT2D eigenvalue weighted by Crippen LogP contribution is 2.36. The zero-order valence-corrected chi connectivity index (χ0v) is 18.6. The topological polar surface area (TPSA) is 70.2 Å². The minimum absolute atomic E-state index is 0.109. The number of fused-ring (bicyclic) bond motifs is 1. The number of halogens is 3. The maximum absolute atomic E-state index is 14.6. The van der Waals surface area contributed by atoms with E-state index in [-0.39, 0.29) is 23.1 Å². The maximum atomic E-state index is 14.6. The van der Waals surface area contributed by atoms with E-state index in [1.807, 2.05) is 30.3 Å². The Hall–Kier alpha value is -3.81. The molecule has 1 radical (unpaired) electrons. The molecule has 34 heavy (non-hydrogen) atoms. The van der Waals surface area contributed by atoms with E-state index in [2.05, 4.69) is 16.0 Å². The number of nitrogens with one attached hydrogen (secondary N) is 3. The van der Waals surface area contributed by atoms with Crippen LogP contribution in [0.25, 0.3) is 0 Å². The summed E-state index contributed by atoms with van der Waals surface area (Å²) >= 11 is 0. The van der Waals surface area contributed by atoms with Crippen LogP contribution in [0.5, 0.6) is 0 Å². The Morgan fingerprint density at radius 1 is 1.09 bits per heavy atom. The van der Waals surface area contributed by atoms with E-state index in [1.165, 1.54) is 12.3 Å². The molecule has 5 nitrogen and oxygen atoms in total. The summed E-state index contributed by atoms with van der Waals surface area (Å²) in [6.45, 7) is 3.16. The number of benzene rings is 2. The largest absolute Gasteiger partial charge is 0.349 e. The van der Waals surface area contributed by atoms with Crippen molar-refractivity contribution in [2.24, 2.45) is 5.92 Å². The van der Waals surface area contributed by atoms with Crippen LogP contribution in [-0.4, -0.2) is 11.8 Å². The molecular weight excluding hydrogens is 443 g/mol. The van der Waals surface area contributed by atoms with Gasteiger partial charge in [-0.25, -0.2) is 8.78 Å². The Morgan fingerprint density at radius 3 is 2.53 bits per heavy atom. The Balaban J connectivity index is 1.71. The molecule has 2 heterocycles. The Bertz CT molecular complexity index is 1220. The van der Waals surface area contributed by atoms with Gasteiger partial charge in [-0.1, -0.05) is 36.4 Å². The summed E-state index contributed by atoms with van der Waals surface area (Å²) in [4.78, 5) is 26.6. The summed E-state index contributed by atoms with van der Waals surface area (Å²) in [7, 11) is 0. The summed E-state index contributed by atoms with van der Waals surface area (Å²) in [5.74, 6) is -4.17. The fourth-order valence-corrected chi connectivity index (χ4v) is 4.28. The molecule has 0 aromatic heterocycles. The Labute approximate surface area is 195 Å². The number of carbonyl (C=O) groups excluding carboxylic acids is 2. The summed E-state index contributed by atoms with van der Waals surface area (Å²) in [6.07, 6.45) is 3.08. The standard InChI is InChI=1S/C26H23F3N3O2/c1-14-22(26(34)32-21-10-11-30-24(29)23(14)21)19(12-16-6-4-3-5-7-16)25(33)31-15(2)18-9-8-17(27)13-20(18)28/h3-11,13,15,19,30H,12H2,1-2H3,(H,31,33)(H,32,34)/t15-,19+/m0/s1. The molecule has 0 bridgehead atoms. The molecule has 0 fully saturated rings. The first-order chi connectivity index (χ1) is 16.3.